The Morgan fingerprint density at radius 1 is 0.825 bits per heavy atom. The summed E-state index contributed by atoms with van der Waals surface area (Å²) in [5, 5.41) is 5.47. The van der Waals surface area contributed by atoms with E-state index in [1.54, 1.807) is 78.9 Å². The van der Waals surface area contributed by atoms with Crippen LogP contribution in [0.3, 0.4) is 0 Å². The highest BCUT2D eigenvalue weighted by Gasteiger charge is 2.45. The molecule has 0 saturated carbocycles. The molecule has 6 nitrogen and oxygen atoms in total. The molecule has 0 heterocycles. The van der Waals surface area contributed by atoms with Crippen LogP contribution >= 0.6 is 11.6 Å². The number of halogens is 4. The smallest absolute Gasteiger partial charge is 0.452 e. The zero-order valence-electron chi connectivity index (χ0n) is 22.2. The van der Waals surface area contributed by atoms with E-state index in [0.29, 0.717) is 21.9 Å². The number of hydrogen-bond acceptors (Lipinski definition) is 4. The second kappa shape index (κ2) is 13.5. The van der Waals surface area contributed by atoms with Gasteiger partial charge in [0.2, 0.25) is 11.8 Å². The maximum Gasteiger partial charge on any atom is 0.452 e. The highest BCUT2D eigenvalue weighted by Crippen LogP contribution is 2.27. The molecular formula is C30H30ClF3N2O4. The summed E-state index contributed by atoms with van der Waals surface area (Å²) in [6.45, 7) is 2.80. The van der Waals surface area contributed by atoms with E-state index in [-0.39, 0.29) is 6.42 Å². The van der Waals surface area contributed by atoms with Gasteiger partial charge in [0.1, 0.15) is 11.8 Å². The van der Waals surface area contributed by atoms with Crippen LogP contribution in [0.5, 0.6) is 5.75 Å². The van der Waals surface area contributed by atoms with Crippen molar-refractivity contribution in [3.8, 4) is 5.75 Å². The number of Topliss-reactive ketones (excluding diaryl/α,β-unsaturated/α-hetero) is 1. The summed E-state index contributed by atoms with van der Waals surface area (Å²) in [4.78, 5) is 39.2. The van der Waals surface area contributed by atoms with E-state index < -0.39 is 47.7 Å². The molecule has 0 unspecified atom stereocenters. The van der Waals surface area contributed by atoms with Gasteiger partial charge in [-0.25, -0.2) is 0 Å². The summed E-state index contributed by atoms with van der Waals surface area (Å²) in [5.41, 5.74) is 1.78. The highest BCUT2D eigenvalue weighted by molar-refractivity contribution is 6.30. The van der Waals surface area contributed by atoms with Gasteiger partial charge in [0.15, 0.2) is 0 Å². The molecule has 0 aliphatic rings. The minimum atomic E-state index is -5.13. The van der Waals surface area contributed by atoms with Crippen molar-refractivity contribution >= 4 is 29.2 Å². The molecule has 40 heavy (non-hydrogen) atoms. The number of alkyl halides is 3. The van der Waals surface area contributed by atoms with Crippen LogP contribution in [0.1, 0.15) is 42.5 Å². The van der Waals surface area contributed by atoms with Crippen molar-refractivity contribution in [1.82, 2.24) is 10.6 Å². The number of rotatable bonds is 11. The number of methoxy groups -OCH3 is 1. The van der Waals surface area contributed by atoms with E-state index in [1.165, 1.54) is 21.0 Å². The number of benzene rings is 3. The first-order chi connectivity index (χ1) is 18.9. The van der Waals surface area contributed by atoms with Crippen molar-refractivity contribution in [3.05, 3.63) is 101 Å². The molecular weight excluding hydrogens is 545 g/mol. The van der Waals surface area contributed by atoms with E-state index in [0.717, 1.165) is 5.56 Å². The van der Waals surface area contributed by atoms with Crippen molar-refractivity contribution < 1.29 is 32.3 Å². The minimum absolute atomic E-state index is 0.250. The van der Waals surface area contributed by atoms with E-state index >= 15 is 0 Å². The normalized spacial score (nSPS) is 13.7. The molecule has 3 rings (SSSR count). The molecule has 3 atom stereocenters. The van der Waals surface area contributed by atoms with Gasteiger partial charge in [0.25, 0.3) is 5.78 Å². The molecule has 0 radical (unpaired) electrons. The number of carbonyl (C=O) groups is 3. The molecule has 2 amide bonds. The van der Waals surface area contributed by atoms with Crippen molar-refractivity contribution in [3.63, 3.8) is 0 Å². The number of ketones is 1. The summed E-state index contributed by atoms with van der Waals surface area (Å²) in [5.74, 6) is -4.56. The van der Waals surface area contributed by atoms with Gasteiger partial charge in [-0.1, -0.05) is 80.0 Å². The van der Waals surface area contributed by atoms with Crippen LogP contribution in [0.2, 0.25) is 5.02 Å². The SMILES string of the molecule is COc1ccc([C@H](Cc2ccc(Cl)cc2)C(=O)N[C@H](C(=O)N[C@H](C(=O)C(F)(F)F)C(C)C)c2ccccc2)cc1. The predicted molar refractivity (Wildman–Crippen MR) is 146 cm³/mol. The first-order valence-corrected chi connectivity index (χ1v) is 12.9. The highest BCUT2D eigenvalue weighted by atomic mass is 35.5. The maximum atomic E-state index is 13.8. The number of nitrogens with one attached hydrogen (secondary N) is 2. The Morgan fingerprint density at radius 3 is 1.95 bits per heavy atom. The maximum absolute atomic E-state index is 13.8. The molecule has 0 aliphatic heterocycles. The Bertz CT molecular complexity index is 1300. The fourth-order valence-corrected chi connectivity index (χ4v) is 4.32. The fraction of sp³-hybridized carbons (Fsp3) is 0.300. The van der Waals surface area contributed by atoms with Crippen LogP contribution < -0.4 is 15.4 Å². The number of carbonyl (C=O) groups excluding carboxylic acids is 3. The first-order valence-electron chi connectivity index (χ1n) is 12.6. The Labute approximate surface area is 235 Å². The van der Waals surface area contributed by atoms with E-state index in [9.17, 15) is 27.6 Å². The standard InChI is InChI=1S/C30H30ClF3N2O4/c1-18(2)25(27(37)30(32,33)34)35-29(39)26(21-7-5-4-6-8-21)36-28(38)24(17-19-9-13-22(31)14-10-19)20-11-15-23(40-3)16-12-20/h4-16,18,24-26H,17H2,1-3H3,(H,35,39)(H,36,38)/t24-,25-,26-/m0/s1. The summed E-state index contributed by atoms with van der Waals surface area (Å²) >= 11 is 6.01. The van der Waals surface area contributed by atoms with E-state index in [2.05, 4.69) is 10.6 Å². The lowest BCUT2D eigenvalue weighted by Crippen LogP contribution is -2.53. The Hall–Kier alpha value is -3.85. The molecule has 10 heteroatoms. The third kappa shape index (κ3) is 8.08. The average Bonchev–Trinajstić information content (AvgIpc) is 2.93. The molecule has 3 aromatic rings. The molecule has 3 aromatic carbocycles. The van der Waals surface area contributed by atoms with Crippen molar-refractivity contribution in [2.45, 2.75) is 44.4 Å². The topological polar surface area (TPSA) is 84.5 Å². The molecule has 0 aromatic heterocycles. The zero-order chi connectivity index (χ0) is 29.4. The van der Waals surface area contributed by atoms with Gasteiger partial charge in [0.05, 0.1) is 19.1 Å². The largest absolute Gasteiger partial charge is 0.497 e. The molecule has 0 aliphatic carbocycles. The third-order valence-corrected chi connectivity index (χ3v) is 6.65. The molecule has 0 saturated heterocycles. The van der Waals surface area contributed by atoms with Crippen LogP contribution in [0, 0.1) is 5.92 Å². The van der Waals surface area contributed by atoms with Gasteiger partial charge in [-0.3, -0.25) is 14.4 Å². The van der Waals surface area contributed by atoms with Crippen LogP contribution in [0.4, 0.5) is 13.2 Å². The number of amides is 2. The summed E-state index contributed by atoms with van der Waals surface area (Å²) in [7, 11) is 1.52. The van der Waals surface area contributed by atoms with Crippen molar-refractivity contribution in [1.29, 1.82) is 0 Å². The monoisotopic (exact) mass is 574 g/mol. The summed E-state index contributed by atoms with van der Waals surface area (Å²) < 4.78 is 44.9. The second-order valence-electron chi connectivity index (χ2n) is 9.60. The molecule has 212 valence electrons. The van der Waals surface area contributed by atoms with E-state index in [1.807, 2.05) is 0 Å². The predicted octanol–water partition coefficient (Wildman–Crippen LogP) is 5.80. The van der Waals surface area contributed by atoms with Crippen molar-refractivity contribution in [2.75, 3.05) is 7.11 Å². The van der Waals surface area contributed by atoms with Gasteiger partial charge in [-0.15, -0.1) is 0 Å². The second-order valence-corrected chi connectivity index (χ2v) is 10.0. The average molecular weight is 575 g/mol. The molecule has 2 N–H and O–H groups in total. The third-order valence-electron chi connectivity index (χ3n) is 6.40. The lowest BCUT2D eigenvalue weighted by atomic mass is 9.90. The zero-order valence-corrected chi connectivity index (χ0v) is 22.9. The van der Waals surface area contributed by atoms with Crippen LogP contribution in [0.25, 0.3) is 0 Å². The Kier molecular flexibility index (Phi) is 10.3. The fourth-order valence-electron chi connectivity index (χ4n) is 4.19. The quantitative estimate of drug-likeness (QED) is 0.303. The summed E-state index contributed by atoms with van der Waals surface area (Å²) in [6, 6.07) is 18.8. The van der Waals surface area contributed by atoms with Gasteiger partial charge < -0.3 is 15.4 Å². The lowest BCUT2D eigenvalue weighted by molar-refractivity contribution is -0.175. The van der Waals surface area contributed by atoms with E-state index in [4.69, 9.17) is 16.3 Å². The minimum Gasteiger partial charge on any atom is -0.497 e. The van der Waals surface area contributed by atoms with Crippen LogP contribution in [-0.4, -0.2) is 36.9 Å². The van der Waals surface area contributed by atoms with Gasteiger partial charge in [-0.2, -0.15) is 13.2 Å². The van der Waals surface area contributed by atoms with Gasteiger partial charge in [0, 0.05) is 5.02 Å². The number of ether oxygens (including phenoxy) is 1. The summed E-state index contributed by atoms with van der Waals surface area (Å²) in [6.07, 6.45) is -4.88. The number of hydrogen-bond donors (Lipinski definition) is 2. The van der Waals surface area contributed by atoms with Gasteiger partial charge in [-0.05, 0) is 53.3 Å². The molecule has 0 spiro atoms. The molecule has 0 bridgehead atoms. The lowest BCUT2D eigenvalue weighted by Gasteiger charge is -2.27. The van der Waals surface area contributed by atoms with Crippen LogP contribution in [-0.2, 0) is 20.8 Å². The van der Waals surface area contributed by atoms with Crippen molar-refractivity contribution in [2.24, 2.45) is 5.92 Å². The molecule has 0 fully saturated rings. The van der Waals surface area contributed by atoms with Crippen LogP contribution in [0.15, 0.2) is 78.9 Å². The Balaban J connectivity index is 1.95. The van der Waals surface area contributed by atoms with Gasteiger partial charge >= 0.3 is 6.18 Å². The first kappa shape index (κ1) is 30.7. The Morgan fingerprint density at radius 2 is 1.43 bits per heavy atom.